The number of nitrogens with one attached hydrogen (secondary N) is 1. The molecule has 1 heterocycles. The Labute approximate surface area is 194 Å². The van der Waals surface area contributed by atoms with E-state index in [2.05, 4.69) is 39.2 Å². The molecule has 0 saturated heterocycles. The number of rotatable bonds is 6. The lowest BCUT2D eigenvalue weighted by Crippen LogP contribution is -2.30. The number of benzene rings is 3. The molecule has 33 heavy (non-hydrogen) atoms. The molecule has 0 aliphatic rings. The maximum Gasteiger partial charge on any atom is 0.301 e. The van der Waals surface area contributed by atoms with Gasteiger partial charge in [-0.05, 0) is 78.8 Å². The van der Waals surface area contributed by atoms with Crippen LogP contribution < -0.4 is 16.0 Å². The lowest BCUT2D eigenvalue weighted by atomic mass is 9.95. The first-order valence-electron chi connectivity index (χ1n) is 10.9. The molecule has 0 saturated carbocycles. The molecule has 5 heteroatoms. The van der Waals surface area contributed by atoms with Gasteiger partial charge in [-0.3, -0.25) is 10.2 Å². The van der Waals surface area contributed by atoms with E-state index < -0.39 is 5.91 Å². The fraction of sp³-hybridized carbons (Fsp3) is 0.179. The summed E-state index contributed by atoms with van der Waals surface area (Å²) in [7, 11) is 0. The Morgan fingerprint density at radius 2 is 1.58 bits per heavy atom. The number of furan rings is 1. The third-order valence-electron chi connectivity index (χ3n) is 6.24. The lowest BCUT2D eigenvalue weighted by Gasteiger charge is -2.16. The number of nitrogen functional groups attached to an aromatic ring is 1. The Balaban J connectivity index is 1.70. The molecule has 0 radical (unpaired) electrons. The van der Waals surface area contributed by atoms with Crippen molar-refractivity contribution in [1.29, 1.82) is 0 Å². The summed E-state index contributed by atoms with van der Waals surface area (Å²) in [6.45, 7) is 9.02. The summed E-state index contributed by atoms with van der Waals surface area (Å²) in [5.74, 6) is 5.82. The van der Waals surface area contributed by atoms with Crippen LogP contribution in [-0.2, 0) is 6.61 Å². The van der Waals surface area contributed by atoms with Gasteiger partial charge in [0.15, 0.2) is 0 Å². The van der Waals surface area contributed by atoms with E-state index in [1.54, 1.807) is 6.26 Å². The Bertz CT molecular complexity index is 1280. The number of carbonyl (C=O) groups excluding carboxylic acids is 1. The van der Waals surface area contributed by atoms with E-state index in [-0.39, 0.29) is 5.76 Å². The smallest absolute Gasteiger partial charge is 0.301 e. The van der Waals surface area contributed by atoms with E-state index in [9.17, 15) is 4.79 Å². The van der Waals surface area contributed by atoms with Crippen molar-refractivity contribution in [3.63, 3.8) is 0 Å². The molecular formula is C28H28N2O3. The highest BCUT2D eigenvalue weighted by molar-refractivity contribution is 6.02. The number of hydrogen-bond donors (Lipinski definition) is 2. The quantitative estimate of drug-likeness (QED) is 0.218. The zero-order valence-electron chi connectivity index (χ0n) is 19.4. The third kappa shape index (κ3) is 4.41. The number of hydrazine groups is 1. The first kappa shape index (κ1) is 22.4. The summed E-state index contributed by atoms with van der Waals surface area (Å²) in [4.78, 5) is 12.3. The van der Waals surface area contributed by atoms with Crippen LogP contribution in [0.25, 0.3) is 22.3 Å². The predicted octanol–water partition coefficient (Wildman–Crippen LogP) is 6.03. The van der Waals surface area contributed by atoms with E-state index in [1.165, 1.54) is 27.8 Å². The van der Waals surface area contributed by atoms with E-state index in [4.69, 9.17) is 15.0 Å². The van der Waals surface area contributed by atoms with Crippen LogP contribution in [0.4, 0.5) is 0 Å². The van der Waals surface area contributed by atoms with Gasteiger partial charge in [0.05, 0.1) is 6.26 Å². The van der Waals surface area contributed by atoms with Gasteiger partial charge in [-0.1, -0.05) is 48.5 Å². The van der Waals surface area contributed by atoms with Crippen molar-refractivity contribution in [2.75, 3.05) is 0 Å². The van der Waals surface area contributed by atoms with Crippen molar-refractivity contribution < 1.29 is 13.9 Å². The molecule has 4 rings (SSSR count). The fourth-order valence-corrected chi connectivity index (χ4v) is 4.12. The minimum atomic E-state index is -0.478. The summed E-state index contributed by atoms with van der Waals surface area (Å²) in [5.41, 5.74) is 11.7. The monoisotopic (exact) mass is 440 g/mol. The number of amides is 1. The molecule has 1 aromatic heterocycles. The Kier molecular flexibility index (Phi) is 6.33. The molecule has 0 spiro atoms. The summed E-state index contributed by atoms with van der Waals surface area (Å²) in [6.07, 6.45) is 1.59. The Hall–Kier alpha value is -3.83. The van der Waals surface area contributed by atoms with Crippen molar-refractivity contribution in [2.45, 2.75) is 34.3 Å². The van der Waals surface area contributed by atoms with Crippen LogP contribution in [-0.4, -0.2) is 5.91 Å². The van der Waals surface area contributed by atoms with Crippen LogP contribution in [0, 0.1) is 27.7 Å². The standard InChI is InChI=1S/C28H28N2O3/c1-17-13-18(2)20(4)24(19(17)3)15-32-23-12-8-11-22(14-23)25-16-33-27(28(31)30-29)26(25)21-9-6-5-7-10-21/h5-14,16H,15,29H2,1-4H3,(H,30,31). The fourth-order valence-electron chi connectivity index (χ4n) is 4.12. The summed E-state index contributed by atoms with van der Waals surface area (Å²) in [5, 5.41) is 0. The van der Waals surface area contributed by atoms with Gasteiger partial charge in [0.25, 0.3) is 0 Å². The summed E-state index contributed by atoms with van der Waals surface area (Å²) in [6, 6.07) is 19.7. The van der Waals surface area contributed by atoms with Crippen LogP contribution in [0.1, 0.15) is 38.4 Å². The maximum absolute atomic E-state index is 12.3. The third-order valence-corrected chi connectivity index (χ3v) is 6.24. The minimum absolute atomic E-state index is 0.173. The van der Waals surface area contributed by atoms with Crippen molar-refractivity contribution in [1.82, 2.24) is 5.43 Å². The van der Waals surface area contributed by atoms with Gasteiger partial charge in [0.1, 0.15) is 12.4 Å². The topological polar surface area (TPSA) is 77.5 Å². The van der Waals surface area contributed by atoms with E-state index in [0.717, 1.165) is 22.4 Å². The van der Waals surface area contributed by atoms with Crippen molar-refractivity contribution in [3.05, 3.63) is 101 Å². The van der Waals surface area contributed by atoms with Gasteiger partial charge in [-0.15, -0.1) is 0 Å². The van der Waals surface area contributed by atoms with Crippen molar-refractivity contribution in [3.8, 4) is 28.0 Å². The van der Waals surface area contributed by atoms with Gasteiger partial charge in [0.2, 0.25) is 5.76 Å². The zero-order chi connectivity index (χ0) is 23.5. The van der Waals surface area contributed by atoms with Crippen LogP contribution in [0.5, 0.6) is 5.75 Å². The molecular weight excluding hydrogens is 412 g/mol. The first-order valence-corrected chi connectivity index (χ1v) is 10.9. The van der Waals surface area contributed by atoms with Gasteiger partial charge in [-0.25, -0.2) is 5.84 Å². The molecule has 168 valence electrons. The molecule has 0 unspecified atom stereocenters. The molecule has 0 aliphatic carbocycles. The van der Waals surface area contributed by atoms with Crippen molar-refractivity contribution >= 4 is 5.91 Å². The lowest BCUT2D eigenvalue weighted by molar-refractivity contribution is 0.0927. The Morgan fingerprint density at radius 1 is 0.909 bits per heavy atom. The average molecular weight is 441 g/mol. The van der Waals surface area contributed by atoms with E-state index in [0.29, 0.717) is 12.2 Å². The molecule has 0 atom stereocenters. The van der Waals surface area contributed by atoms with Gasteiger partial charge in [-0.2, -0.15) is 0 Å². The van der Waals surface area contributed by atoms with E-state index in [1.807, 2.05) is 54.6 Å². The molecule has 0 aliphatic heterocycles. The Morgan fingerprint density at radius 3 is 2.24 bits per heavy atom. The predicted molar refractivity (Wildman–Crippen MR) is 131 cm³/mol. The summed E-state index contributed by atoms with van der Waals surface area (Å²) < 4.78 is 11.9. The summed E-state index contributed by atoms with van der Waals surface area (Å²) >= 11 is 0. The van der Waals surface area contributed by atoms with Crippen molar-refractivity contribution in [2.24, 2.45) is 5.84 Å². The highest BCUT2D eigenvalue weighted by Gasteiger charge is 2.22. The number of nitrogens with two attached hydrogens (primary N) is 1. The van der Waals surface area contributed by atoms with Gasteiger partial charge >= 0.3 is 5.91 Å². The highest BCUT2D eigenvalue weighted by Crippen LogP contribution is 2.38. The second kappa shape index (κ2) is 9.35. The molecule has 4 aromatic rings. The van der Waals surface area contributed by atoms with Crippen LogP contribution in [0.2, 0.25) is 0 Å². The maximum atomic E-state index is 12.3. The number of ether oxygens (including phenoxy) is 1. The van der Waals surface area contributed by atoms with E-state index >= 15 is 0 Å². The number of aryl methyl sites for hydroxylation is 2. The van der Waals surface area contributed by atoms with Crippen LogP contribution in [0.3, 0.4) is 0 Å². The number of hydrogen-bond acceptors (Lipinski definition) is 4. The second-order valence-corrected chi connectivity index (χ2v) is 8.25. The normalized spacial score (nSPS) is 10.8. The minimum Gasteiger partial charge on any atom is -0.489 e. The highest BCUT2D eigenvalue weighted by atomic mass is 16.5. The first-order chi connectivity index (χ1) is 15.9. The van der Waals surface area contributed by atoms with Gasteiger partial charge in [0, 0.05) is 11.1 Å². The molecule has 5 nitrogen and oxygen atoms in total. The van der Waals surface area contributed by atoms with Gasteiger partial charge < -0.3 is 9.15 Å². The molecule has 0 bridgehead atoms. The molecule has 1 amide bonds. The molecule has 0 fully saturated rings. The van der Waals surface area contributed by atoms with Crippen LogP contribution >= 0.6 is 0 Å². The van der Waals surface area contributed by atoms with Crippen LogP contribution in [0.15, 0.2) is 71.3 Å². The second-order valence-electron chi connectivity index (χ2n) is 8.25. The molecule has 3 N–H and O–H groups in total. The number of carbonyl (C=O) groups is 1. The SMILES string of the molecule is Cc1cc(C)c(C)c(COc2cccc(-c3coc(C(=O)NN)c3-c3ccccc3)c2)c1C. The zero-order valence-corrected chi connectivity index (χ0v) is 19.4. The molecule has 3 aromatic carbocycles. The average Bonchev–Trinajstić information content (AvgIpc) is 3.28. The largest absolute Gasteiger partial charge is 0.489 e.